The van der Waals surface area contributed by atoms with E-state index < -0.39 is 0 Å². The van der Waals surface area contributed by atoms with Gasteiger partial charge in [0.1, 0.15) is 17.2 Å². The number of amides is 1. The summed E-state index contributed by atoms with van der Waals surface area (Å²) < 4.78 is 24.6. The molecule has 9 heteroatoms. The van der Waals surface area contributed by atoms with Crippen LogP contribution in [0.15, 0.2) is 48.7 Å². The molecule has 2 aliphatic rings. The lowest BCUT2D eigenvalue weighted by molar-refractivity contribution is 0.0738. The molecule has 0 saturated carbocycles. The predicted octanol–water partition coefficient (Wildman–Crippen LogP) is 3.53. The first-order valence-electron chi connectivity index (χ1n) is 10.7. The third-order valence-electron chi connectivity index (χ3n) is 5.97. The maximum atomic E-state index is 13.8. The monoisotopic (exact) mass is 449 g/mol. The van der Waals surface area contributed by atoms with E-state index in [2.05, 4.69) is 20.2 Å². The molecule has 0 bridgehead atoms. The minimum absolute atomic E-state index is 0.109. The van der Waals surface area contributed by atoms with Gasteiger partial charge in [0.15, 0.2) is 17.3 Å². The Morgan fingerprint density at radius 2 is 2.06 bits per heavy atom. The van der Waals surface area contributed by atoms with Crippen LogP contribution in [0.5, 0.6) is 11.5 Å². The van der Waals surface area contributed by atoms with Gasteiger partial charge < -0.3 is 24.6 Å². The molecule has 170 valence electrons. The second-order valence-corrected chi connectivity index (χ2v) is 8.28. The van der Waals surface area contributed by atoms with Crippen LogP contribution >= 0.6 is 0 Å². The summed E-state index contributed by atoms with van der Waals surface area (Å²) in [5.41, 5.74) is 1.52. The van der Waals surface area contributed by atoms with Crippen LogP contribution in [0, 0.1) is 5.82 Å². The number of likely N-dealkylation sites (tertiary alicyclic amines) is 1. The molecule has 1 amide bonds. The SMILES string of the molecule is CN1CCC(N(C)C(=O)c2cnc(-c3ccc4c(c3)OCO4)nc2Nc2cccc(F)c2)C1. The molecule has 1 aromatic heterocycles. The number of fused-ring (bicyclic) bond motifs is 1. The molecule has 1 saturated heterocycles. The second-order valence-electron chi connectivity index (χ2n) is 8.28. The summed E-state index contributed by atoms with van der Waals surface area (Å²) in [6.07, 6.45) is 2.42. The smallest absolute Gasteiger partial charge is 0.259 e. The van der Waals surface area contributed by atoms with Crippen LogP contribution in [0.4, 0.5) is 15.9 Å². The summed E-state index contributed by atoms with van der Waals surface area (Å²) in [4.78, 5) is 26.4. The van der Waals surface area contributed by atoms with E-state index in [-0.39, 0.29) is 24.6 Å². The van der Waals surface area contributed by atoms with Gasteiger partial charge in [-0.05, 0) is 56.4 Å². The fourth-order valence-electron chi connectivity index (χ4n) is 4.09. The van der Waals surface area contributed by atoms with Gasteiger partial charge in [-0.15, -0.1) is 0 Å². The molecule has 0 spiro atoms. The molecule has 3 aromatic rings. The molecule has 1 unspecified atom stereocenters. The van der Waals surface area contributed by atoms with Gasteiger partial charge in [-0.3, -0.25) is 4.79 Å². The molecule has 8 nitrogen and oxygen atoms in total. The highest BCUT2D eigenvalue weighted by Gasteiger charge is 2.29. The number of rotatable bonds is 5. The van der Waals surface area contributed by atoms with Crippen LogP contribution in [-0.4, -0.2) is 65.7 Å². The van der Waals surface area contributed by atoms with Gasteiger partial charge >= 0.3 is 0 Å². The zero-order chi connectivity index (χ0) is 22.9. The number of ether oxygens (including phenoxy) is 2. The molecule has 2 aliphatic heterocycles. The lowest BCUT2D eigenvalue weighted by atomic mass is 10.1. The number of anilines is 2. The molecule has 0 aliphatic carbocycles. The summed E-state index contributed by atoms with van der Waals surface area (Å²) >= 11 is 0. The largest absolute Gasteiger partial charge is 0.454 e. The molecular weight excluding hydrogens is 425 g/mol. The van der Waals surface area contributed by atoms with E-state index in [9.17, 15) is 9.18 Å². The van der Waals surface area contributed by atoms with Crippen molar-refractivity contribution in [1.29, 1.82) is 0 Å². The Bertz CT molecular complexity index is 1200. The minimum atomic E-state index is -0.385. The fraction of sp³-hybridized carbons (Fsp3) is 0.292. The summed E-state index contributed by atoms with van der Waals surface area (Å²) in [7, 11) is 3.84. The highest BCUT2D eigenvalue weighted by atomic mass is 19.1. The lowest BCUT2D eigenvalue weighted by Crippen LogP contribution is -2.39. The van der Waals surface area contributed by atoms with E-state index >= 15 is 0 Å². The maximum absolute atomic E-state index is 13.8. The fourth-order valence-corrected chi connectivity index (χ4v) is 4.09. The topological polar surface area (TPSA) is 79.8 Å². The van der Waals surface area contributed by atoms with Crippen molar-refractivity contribution in [2.24, 2.45) is 0 Å². The van der Waals surface area contributed by atoms with Crippen molar-refractivity contribution in [2.45, 2.75) is 12.5 Å². The highest BCUT2D eigenvalue weighted by Crippen LogP contribution is 2.35. The Labute approximate surface area is 191 Å². The molecule has 1 N–H and O–H groups in total. The van der Waals surface area contributed by atoms with Crippen LogP contribution in [0.25, 0.3) is 11.4 Å². The molecule has 5 rings (SSSR count). The zero-order valence-electron chi connectivity index (χ0n) is 18.4. The van der Waals surface area contributed by atoms with Crippen molar-refractivity contribution < 1.29 is 18.7 Å². The molecular formula is C24H24FN5O3. The summed E-state index contributed by atoms with van der Waals surface area (Å²) in [6, 6.07) is 11.6. The molecule has 3 heterocycles. The van der Waals surface area contributed by atoms with E-state index in [1.54, 1.807) is 36.2 Å². The van der Waals surface area contributed by atoms with Crippen molar-refractivity contribution in [3.8, 4) is 22.9 Å². The molecule has 2 aromatic carbocycles. The van der Waals surface area contributed by atoms with Crippen LogP contribution in [0.2, 0.25) is 0 Å². The van der Waals surface area contributed by atoms with E-state index in [4.69, 9.17) is 9.47 Å². The number of carbonyl (C=O) groups is 1. The van der Waals surface area contributed by atoms with Crippen molar-refractivity contribution in [3.63, 3.8) is 0 Å². The van der Waals surface area contributed by atoms with Gasteiger partial charge in [-0.25, -0.2) is 14.4 Å². The average Bonchev–Trinajstić information content (AvgIpc) is 3.46. The molecule has 1 fully saturated rings. The van der Waals surface area contributed by atoms with Crippen LogP contribution < -0.4 is 14.8 Å². The number of benzene rings is 2. The lowest BCUT2D eigenvalue weighted by Gasteiger charge is -2.25. The van der Waals surface area contributed by atoms with E-state index in [1.807, 2.05) is 13.1 Å². The number of likely N-dealkylation sites (N-methyl/N-ethyl adjacent to an activating group) is 2. The highest BCUT2D eigenvalue weighted by molar-refractivity contribution is 5.99. The van der Waals surface area contributed by atoms with Crippen molar-refractivity contribution in [2.75, 3.05) is 39.3 Å². The predicted molar refractivity (Wildman–Crippen MR) is 121 cm³/mol. The van der Waals surface area contributed by atoms with Gasteiger partial charge in [-0.1, -0.05) is 6.07 Å². The van der Waals surface area contributed by atoms with Crippen molar-refractivity contribution >= 4 is 17.4 Å². The van der Waals surface area contributed by atoms with E-state index in [0.29, 0.717) is 40.0 Å². The number of nitrogens with one attached hydrogen (secondary N) is 1. The van der Waals surface area contributed by atoms with E-state index in [1.165, 1.54) is 18.3 Å². The van der Waals surface area contributed by atoms with Gasteiger partial charge in [0.2, 0.25) is 6.79 Å². The minimum Gasteiger partial charge on any atom is -0.454 e. The number of nitrogens with zero attached hydrogens (tertiary/aromatic N) is 4. The van der Waals surface area contributed by atoms with Crippen molar-refractivity contribution in [3.05, 3.63) is 60.0 Å². The van der Waals surface area contributed by atoms with Gasteiger partial charge in [0, 0.05) is 37.1 Å². The normalized spacial score (nSPS) is 17.2. The van der Waals surface area contributed by atoms with Crippen LogP contribution in [0.3, 0.4) is 0 Å². The number of hydrogen-bond acceptors (Lipinski definition) is 7. The van der Waals surface area contributed by atoms with Crippen LogP contribution in [0.1, 0.15) is 16.8 Å². The molecule has 0 radical (unpaired) electrons. The molecule has 1 atom stereocenters. The first-order valence-corrected chi connectivity index (χ1v) is 10.7. The Balaban J connectivity index is 1.51. The average molecular weight is 449 g/mol. The van der Waals surface area contributed by atoms with Gasteiger partial charge in [0.25, 0.3) is 5.91 Å². The summed E-state index contributed by atoms with van der Waals surface area (Å²) in [6.45, 7) is 1.92. The number of carbonyl (C=O) groups excluding carboxylic acids is 1. The Morgan fingerprint density at radius 1 is 1.21 bits per heavy atom. The number of hydrogen-bond donors (Lipinski definition) is 1. The van der Waals surface area contributed by atoms with E-state index in [0.717, 1.165) is 19.5 Å². The third-order valence-corrected chi connectivity index (χ3v) is 5.97. The third kappa shape index (κ3) is 4.31. The standard InChI is InChI=1S/C24H24FN5O3/c1-29-9-8-18(13-29)30(2)24(31)19-12-26-22(15-6-7-20-21(10-15)33-14-32-20)28-23(19)27-17-5-3-4-16(25)11-17/h3-7,10-12,18H,8-9,13-14H2,1-2H3,(H,26,27,28). The summed E-state index contributed by atoms with van der Waals surface area (Å²) in [5.74, 6) is 1.42. The first kappa shape index (κ1) is 21.1. The number of halogens is 1. The zero-order valence-corrected chi connectivity index (χ0v) is 18.4. The Hall–Kier alpha value is -3.72. The Kier molecular flexibility index (Phi) is 5.55. The Morgan fingerprint density at radius 3 is 2.85 bits per heavy atom. The quantitative estimate of drug-likeness (QED) is 0.638. The second kappa shape index (κ2) is 8.67. The maximum Gasteiger partial charge on any atom is 0.259 e. The van der Waals surface area contributed by atoms with Crippen LogP contribution in [-0.2, 0) is 0 Å². The number of aromatic nitrogens is 2. The van der Waals surface area contributed by atoms with Gasteiger partial charge in [-0.2, -0.15) is 0 Å². The summed E-state index contributed by atoms with van der Waals surface area (Å²) in [5, 5.41) is 3.11. The molecule has 33 heavy (non-hydrogen) atoms. The van der Waals surface area contributed by atoms with Gasteiger partial charge in [0.05, 0.1) is 0 Å². The van der Waals surface area contributed by atoms with Crippen molar-refractivity contribution in [1.82, 2.24) is 19.8 Å². The first-order chi connectivity index (χ1) is 16.0.